The molecule has 2 unspecified atom stereocenters. The van der Waals surface area contributed by atoms with Crippen molar-refractivity contribution in [2.24, 2.45) is 11.1 Å². The summed E-state index contributed by atoms with van der Waals surface area (Å²) in [5, 5.41) is 5.10. The molecular formula is C14H19FN2O3S. The minimum absolute atomic E-state index is 0.00568. The Hall–Kier alpha value is -1.47. The summed E-state index contributed by atoms with van der Waals surface area (Å²) in [7, 11) is -3.99. The molecule has 21 heavy (non-hydrogen) atoms. The van der Waals surface area contributed by atoms with Gasteiger partial charge in [0, 0.05) is 12.6 Å². The van der Waals surface area contributed by atoms with Gasteiger partial charge in [-0.25, -0.2) is 17.9 Å². The number of likely N-dealkylation sites (tertiary alicyclic amines) is 1. The summed E-state index contributed by atoms with van der Waals surface area (Å²) >= 11 is 0. The minimum atomic E-state index is -3.99. The summed E-state index contributed by atoms with van der Waals surface area (Å²) in [6.45, 7) is 5.90. The lowest BCUT2D eigenvalue weighted by Crippen LogP contribution is -2.34. The van der Waals surface area contributed by atoms with Crippen LogP contribution in [0.25, 0.3) is 0 Å². The first kappa shape index (κ1) is 15.9. The average Bonchev–Trinajstić information content (AvgIpc) is 2.66. The van der Waals surface area contributed by atoms with Gasteiger partial charge in [0.05, 0.1) is 10.5 Å². The van der Waals surface area contributed by atoms with Crippen LogP contribution in [0.15, 0.2) is 17.0 Å². The number of carbonyl (C=O) groups excluding carboxylic acids is 1. The van der Waals surface area contributed by atoms with Gasteiger partial charge in [0.1, 0.15) is 5.82 Å². The van der Waals surface area contributed by atoms with E-state index >= 15 is 0 Å². The summed E-state index contributed by atoms with van der Waals surface area (Å²) in [4.78, 5) is 13.8. The van der Waals surface area contributed by atoms with Crippen molar-refractivity contribution in [2.45, 2.75) is 38.1 Å². The maximum absolute atomic E-state index is 14.1. The Morgan fingerprint density at radius 3 is 2.48 bits per heavy atom. The van der Waals surface area contributed by atoms with Crippen LogP contribution in [-0.4, -0.2) is 31.8 Å². The normalized spacial score (nSPS) is 22.6. The Morgan fingerprint density at radius 2 is 2.00 bits per heavy atom. The molecular weight excluding hydrogens is 295 g/mol. The van der Waals surface area contributed by atoms with E-state index < -0.39 is 21.7 Å². The van der Waals surface area contributed by atoms with Crippen molar-refractivity contribution in [1.29, 1.82) is 0 Å². The highest BCUT2D eigenvalue weighted by Gasteiger charge is 2.32. The molecule has 1 aromatic rings. The number of nitrogens with zero attached hydrogens (tertiary/aromatic N) is 1. The summed E-state index contributed by atoms with van der Waals surface area (Å²) in [5.74, 6) is -0.874. The zero-order valence-electron chi connectivity index (χ0n) is 12.3. The predicted octanol–water partition coefficient (Wildman–Crippen LogP) is 1.65. The van der Waals surface area contributed by atoms with Crippen molar-refractivity contribution < 1.29 is 17.6 Å². The zero-order valence-corrected chi connectivity index (χ0v) is 13.1. The zero-order chi connectivity index (χ0) is 15.9. The van der Waals surface area contributed by atoms with Crippen LogP contribution in [0, 0.1) is 18.7 Å². The number of benzene rings is 1. The SMILES string of the molecule is Cc1cc(F)c(C(=O)N2CC(C)CC2C)cc1S(N)(=O)=O. The first-order valence-electron chi connectivity index (χ1n) is 6.75. The third kappa shape index (κ3) is 3.08. The molecule has 7 heteroatoms. The van der Waals surface area contributed by atoms with Crippen molar-refractivity contribution in [3.63, 3.8) is 0 Å². The second kappa shape index (κ2) is 5.38. The largest absolute Gasteiger partial charge is 0.336 e. The number of primary sulfonamides is 1. The molecule has 0 radical (unpaired) electrons. The Balaban J connectivity index is 2.47. The van der Waals surface area contributed by atoms with Crippen molar-refractivity contribution in [3.05, 3.63) is 29.1 Å². The molecule has 1 saturated heterocycles. The van der Waals surface area contributed by atoms with Gasteiger partial charge in [-0.05, 0) is 43.9 Å². The van der Waals surface area contributed by atoms with Gasteiger partial charge in [0.2, 0.25) is 10.0 Å². The van der Waals surface area contributed by atoms with Crippen LogP contribution in [0.1, 0.15) is 36.2 Å². The van der Waals surface area contributed by atoms with E-state index in [0.717, 1.165) is 18.6 Å². The van der Waals surface area contributed by atoms with E-state index in [-0.39, 0.29) is 22.1 Å². The van der Waals surface area contributed by atoms with E-state index in [0.29, 0.717) is 12.5 Å². The molecule has 1 aliphatic rings. The maximum Gasteiger partial charge on any atom is 0.257 e. The van der Waals surface area contributed by atoms with Gasteiger partial charge >= 0.3 is 0 Å². The fraction of sp³-hybridized carbons (Fsp3) is 0.500. The summed E-state index contributed by atoms with van der Waals surface area (Å²) in [6, 6.07) is 2.08. The van der Waals surface area contributed by atoms with Crippen LogP contribution in [0.5, 0.6) is 0 Å². The Kier molecular flexibility index (Phi) is 4.08. The molecule has 2 rings (SSSR count). The molecule has 0 aromatic heterocycles. The van der Waals surface area contributed by atoms with Crippen LogP contribution in [0.3, 0.4) is 0 Å². The van der Waals surface area contributed by atoms with Gasteiger partial charge in [-0.1, -0.05) is 6.92 Å². The fourth-order valence-electron chi connectivity index (χ4n) is 2.86. The first-order valence-corrected chi connectivity index (χ1v) is 8.29. The lowest BCUT2D eigenvalue weighted by Gasteiger charge is -2.22. The van der Waals surface area contributed by atoms with Crippen LogP contribution >= 0.6 is 0 Å². The lowest BCUT2D eigenvalue weighted by molar-refractivity contribution is 0.0738. The number of halogens is 1. The van der Waals surface area contributed by atoms with Crippen LogP contribution < -0.4 is 5.14 Å². The Labute approximate surface area is 124 Å². The molecule has 0 bridgehead atoms. The maximum atomic E-state index is 14.1. The van der Waals surface area contributed by atoms with E-state index in [4.69, 9.17) is 5.14 Å². The number of nitrogens with two attached hydrogens (primary N) is 1. The highest BCUT2D eigenvalue weighted by Crippen LogP contribution is 2.27. The van der Waals surface area contributed by atoms with E-state index in [2.05, 4.69) is 0 Å². The van der Waals surface area contributed by atoms with E-state index in [1.165, 1.54) is 6.92 Å². The van der Waals surface area contributed by atoms with Gasteiger partial charge in [0.25, 0.3) is 5.91 Å². The monoisotopic (exact) mass is 314 g/mol. The van der Waals surface area contributed by atoms with Gasteiger partial charge in [0.15, 0.2) is 0 Å². The number of sulfonamides is 1. The number of hydrogen-bond acceptors (Lipinski definition) is 3. The number of rotatable bonds is 2. The molecule has 2 atom stereocenters. The highest BCUT2D eigenvalue weighted by atomic mass is 32.2. The van der Waals surface area contributed by atoms with Gasteiger partial charge in [-0.3, -0.25) is 4.79 Å². The third-order valence-electron chi connectivity index (χ3n) is 3.85. The molecule has 1 heterocycles. The van der Waals surface area contributed by atoms with Gasteiger partial charge in [-0.2, -0.15) is 0 Å². The number of amides is 1. The van der Waals surface area contributed by atoms with Crippen molar-refractivity contribution >= 4 is 15.9 Å². The van der Waals surface area contributed by atoms with Crippen molar-refractivity contribution in [2.75, 3.05) is 6.54 Å². The molecule has 0 saturated carbocycles. The Morgan fingerprint density at radius 1 is 1.38 bits per heavy atom. The number of aryl methyl sites for hydroxylation is 1. The topological polar surface area (TPSA) is 80.5 Å². The Bertz CT molecular complexity index is 688. The first-order chi connectivity index (χ1) is 9.61. The molecule has 0 spiro atoms. The molecule has 1 aromatic carbocycles. The summed E-state index contributed by atoms with van der Waals surface area (Å²) in [6.07, 6.45) is 0.848. The second-order valence-electron chi connectivity index (χ2n) is 5.79. The quantitative estimate of drug-likeness (QED) is 0.901. The highest BCUT2D eigenvalue weighted by molar-refractivity contribution is 7.89. The predicted molar refractivity (Wildman–Crippen MR) is 76.8 cm³/mol. The van der Waals surface area contributed by atoms with Gasteiger partial charge in [-0.15, -0.1) is 0 Å². The van der Waals surface area contributed by atoms with Gasteiger partial charge < -0.3 is 4.90 Å². The molecule has 1 amide bonds. The van der Waals surface area contributed by atoms with Crippen LogP contribution in [0.4, 0.5) is 4.39 Å². The summed E-state index contributed by atoms with van der Waals surface area (Å²) < 4.78 is 37.1. The molecule has 116 valence electrons. The second-order valence-corrected chi connectivity index (χ2v) is 7.32. The van der Waals surface area contributed by atoms with Crippen molar-refractivity contribution in [1.82, 2.24) is 4.90 Å². The third-order valence-corrected chi connectivity index (χ3v) is 4.90. The van der Waals surface area contributed by atoms with Crippen molar-refractivity contribution in [3.8, 4) is 0 Å². The lowest BCUT2D eigenvalue weighted by atomic mass is 10.1. The number of hydrogen-bond donors (Lipinski definition) is 1. The molecule has 0 aliphatic carbocycles. The van der Waals surface area contributed by atoms with E-state index in [1.807, 2.05) is 13.8 Å². The minimum Gasteiger partial charge on any atom is -0.336 e. The number of carbonyl (C=O) groups is 1. The van der Waals surface area contributed by atoms with Crippen LogP contribution in [-0.2, 0) is 10.0 Å². The summed E-state index contributed by atoms with van der Waals surface area (Å²) in [5.41, 5.74) is -0.0556. The average molecular weight is 314 g/mol. The fourth-order valence-corrected chi connectivity index (χ4v) is 3.65. The molecule has 2 N–H and O–H groups in total. The van der Waals surface area contributed by atoms with Crippen LogP contribution in [0.2, 0.25) is 0 Å². The smallest absolute Gasteiger partial charge is 0.257 e. The molecule has 5 nitrogen and oxygen atoms in total. The molecule has 1 fully saturated rings. The molecule has 1 aliphatic heterocycles. The van der Waals surface area contributed by atoms with E-state index in [9.17, 15) is 17.6 Å². The standard InChI is InChI=1S/C14H19FN2O3S/c1-8-4-10(3)17(7-8)14(18)11-6-13(21(16,19)20)9(2)5-12(11)15/h5-6,8,10H,4,7H2,1-3H3,(H2,16,19,20). The van der Waals surface area contributed by atoms with E-state index in [1.54, 1.807) is 4.90 Å².